The van der Waals surface area contributed by atoms with Gasteiger partial charge in [0, 0.05) is 37.3 Å². The second-order valence-electron chi connectivity index (χ2n) is 7.43. The molecule has 1 N–H and O–H groups in total. The van der Waals surface area contributed by atoms with E-state index in [9.17, 15) is 18.7 Å². The second kappa shape index (κ2) is 8.14. The van der Waals surface area contributed by atoms with E-state index in [0.717, 1.165) is 10.9 Å². The number of hydrogen-bond acceptors (Lipinski definition) is 5. The molecule has 29 heavy (non-hydrogen) atoms. The largest absolute Gasteiger partial charge is 0.388 e. The molecule has 0 radical (unpaired) electrons. The van der Waals surface area contributed by atoms with E-state index in [0.29, 0.717) is 43.7 Å². The number of aliphatic hydroxyl groups is 1. The lowest BCUT2D eigenvalue weighted by atomic mass is 9.91. The van der Waals surface area contributed by atoms with Gasteiger partial charge < -0.3 is 5.11 Å². The van der Waals surface area contributed by atoms with Crippen molar-refractivity contribution in [3.63, 3.8) is 0 Å². The fraction of sp³-hybridized carbons (Fsp3) is 0.333. The highest BCUT2D eigenvalue weighted by Gasteiger charge is 2.33. The zero-order valence-electron chi connectivity index (χ0n) is 15.7. The monoisotopic (exact) mass is 417 g/mol. The number of nitrogens with zero attached hydrogens (tertiary/aromatic N) is 3. The number of halogens is 2. The molecule has 0 atom stereocenters. The van der Waals surface area contributed by atoms with Crippen LogP contribution in [0.15, 0.2) is 52.6 Å². The van der Waals surface area contributed by atoms with Crippen LogP contribution in [0.2, 0.25) is 0 Å². The lowest BCUT2D eigenvalue weighted by molar-refractivity contribution is -0.0390. The first-order valence-corrected chi connectivity index (χ1v) is 10.3. The van der Waals surface area contributed by atoms with Crippen LogP contribution in [0.25, 0.3) is 10.6 Å². The Kier molecular flexibility index (Phi) is 5.58. The number of hydrogen-bond donors (Lipinski definition) is 1. The molecule has 1 aliphatic rings. The predicted molar refractivity (Wildman–Crippen MR) is 108 cm³/mol. The SMILES string of the molecule is O=c1ccc(-c2cccs2)nn1CC1(O)CCN(Cc2ccc(F)cc2F)CC1. The van der Waals surface area contributed by atoms with E-state index in [1.54, 1.807) is 6.07 Å². The topological polar surface area (TPSA) is 58.4 Å². The fourth-order valence-electron chi connectivity index (χ4n) is 3.57. The first-order valence-electron chi connectivity index (χ1n) is 9.43. The Morgan fingerprint density at radius 1 is 1.14 bits per heavy atom. The minimum absolute atomic E-state index is 0.115. The fourth-order valence-corrected chi connectivity index (χ4v) is 4.26. The van der Waals surface area contributed by atoms with Crippen molar-refractivity contribution in [3.8, 4) is 10.6 Å². The molecule has 2 aromatic heterocycles. The molecule has 1 fully saturated rings. The van der Waals surface area contributed by atoms with Crippen LogP contribution in [0.1, 0.15) is 18.4 Å². The van der Waals surface area contributed by atoms with E-state index in [2.05, 4.69) is 5.10 Å². The molecule has 3 heterocycles. The molecule has 0 saturated carbocycles. The third-order valence-electron chi connectivity index (χ3n) is 5.28. The molecule has 1 saturated heterocycles. The van der Waals surface area contributed by atoms with Gasteiger partial charge in [-0.25, -0.2) is 13.5 Å². The Hall–Kier alpha value is -2.42. The molecule has 152 valence electrons. The third-order valence-corrected chi connectivity index (χ3v) is 6.17. The minimum atomic E-state index is -1.05. The van der Waals surface area contributed by atoms with Crippen molar-refractivity contribution < 1.29 is 13.9 Å². The highest BCUT2D eigenvalue weighted by atomic mass is 32.1. The molecule has 8 heteroatoms. The number of rotatable bonds is 5. The van der Waals surface area contributed by atoms with Crippen molar-refractivity contribution in [2.24, 2.45) is 0 Å². The summed E-state index contributed by atoms with van der Waals surface area (Å²) in [5, 5.41) is 17.4. The second-order valence-corrected chi connectivity index (χ2v) is 8.38. The van der Waals surface area contributed by atoms with Crippen molar-refractivity contribution in [3.05, 3.63) is 75.4 Å². The molecule has 0 aliphatic carbocycles. The van der Waals surface area contributed by atoms with E-state index >= 15 is 0 Å². The lowest BCUT2D eigenvalue weighted by Gasteiger charge is -2.38. The number of likely N-dealkylation sites (tertiary alicyclic amines) is 1. The molecule has 0 amide bonds. The summed E-state index contributed by atoms with van der Waals surface area (Å²) < 4.78 is 28.3. The highest BCUT2D eigenvalue weighted by Crippen LogP contribution is 2.26. The molecule has 0 bridgehead atoms. The van der Waals surface area contributed by atoms with E-state index in [1.807, 2.05) is 22.4 Å². The van der Waals surface area contributed by atoms with Crippen LogP contribution in [0.4, 0.5) is 8.78 Å². The van der Waals surface area contributed by atoms with E-state index in [-0.39, 0.29) is 12.1 Å². The minimum Gasteiger partial charge on any atom is -0.388 e. The normalized spacial score (nSPS) is 16.8. The number of benzene rings is 1. The molecule has 1 aromatic carbocycles. The Morgan fingerprint density at radius 3 is 2.62 bits per heavy atom. The van der Waals surface area contributed by atoms with Crippen LogP contribution in [0.3, 0.4) is 0 Å². The van der Waals surface area contributed by atoms with Crippen LogP contribution in [0.5, 0.6) is 0 Å². The van der Waals surface area contributed by atoms with Gasteiger partial charge in [-0.1, -0.05) is 12.1 Å². The Balaban J connectivity index is 1.42. The molecular weight excluding hydrogens is 396 g/mol. The molecule has 0 unspecified atom stereocenters. The third kappa shape index (κ3) is 4.60. The first kappa shape index (κ1) is 19.9. The van der Waals surface area contributed by atoms with Gasteiger partial charge >= 0.3 is 0 Å². The summed E-state index contributed by atoms with van der Waals surface area (Å²) in [6.45, 7) is 1.57. The van der Waals surface area contributed by atoms with Crippen molar-refractivity contribution >= 4 is 11.3 Å². The van der Waals surface area contributed by atoms with Crippen LogP contribution < -0.4 is 5.56 Å². The maximum absolute atomic E-state index is 13.9. The summed E-state index contributed by atoms with van der Waals surface area (Å²) in [5.41, 5.74) is -0.178. The standard InChI is InChI=1S/C21H21F2N3O2S/c22-16-4-3-15(17(23)12-16)13-25-9-7-21(28,8-10-25)14-26-20(27)6-5-18(24-26)19-2-1-11-29-19/h1-6,11-12,28H,7-10,13-14H2. The highest BCUT2D eigenvalue weighted by molar-refractivity contribution is 7.13. The molecule has 0 spiro atoms. The Labute approximate surface area is 170 Å². The average molecular weight is 417 g/mol. The van der Waals surface area contributed by atoms with E-state index in [1.165, 1.54) is 34.2 Å². The van der Waals surface area contributed by atoms with Crippen molar-refractivity contribution in [1.29, 1.82) is 0 Å². The quantitative estimate of drug-likeness (QED) is 0.692. The van der Waals surface area contributed by atoms with Gasteiger partial charge in [0.25, 0.3) is 5.56 Å². The summed E-state index contributed by atoms with van der Waals surface area (Å²) in [5.74, 6) is -1.16. The van der Waals surface area contributed by atoms with Gasteiger partial charge in [0.05, 0.1) is 17.0 Å². The number of piperidine rings is 1. The van der Waals surface area contributed by atoms with Gasteiger partial charge in [-0.15, -0.1) is 11.3 Å². The number of thiophene rings is 1. The summed E-state index contributed by atoms with van der Waals surface area (Å²) >= 11 is 1.54. The summed E-state index contributed by atoms with van der Waals surface area (Å²) in [4.78, 5) is 15.2. The zero-order valence-corrected chi connectivity index (χ0v) is 16.5. The average Bonchev–Trinajstić information content (AvgIpc) is 3.22. The summed E-state index contributed by atoms with van der Waals surface area (Å²) in [6, 6.07) is 10.6. The smallest absolute Gasteiger partial charge is 0.266 e. The van der Waals surface area contributed by atoms with Gasteiger partial charge in [0.2, 0.25) is 0 Å². The van der Waals surface area contributed by atoms with Crippen molar-refractivity contribution in [1.82, 2.24) is 14.7 Å². The molecule has 3 aromatic rings. The van der Waals surface area contributed by atoms with Gasteiger partial charge in [-0.05, 0) is 36.4 Å². The van der Waals surface area contributed by atoms with Gasteiger partial charge in [0.15, 0.2) is 0 Å². The summed E-state index contributed by atoms with van der Waals surface area (Å²) in [6.07, 6.45) is 0.875. The van der Waals surface area contributed by atoms with Gasteiger partial charge in [-0.2, -0.15) is 5.10 Å². The van der Waals surface area contributed by atoms with E-state index < -0.39 is 17.2 Å². The van der Waals surface area contributed by atoms with Crippen LogP contribution in [-0.2, 0) is 13.1 Å². The van der Waals surface area contributed by atoms with Crippen molar-refractivity contribution in [2.75, 3.05) is 13.1 Å². The Morgan fingerprint density at radius 2 is 1.93 bits per heavy atom. The summed E-state index contributed by atoms with van der Waals surface area (Å²) in [7, 11) is 0. The molecule has 4 rings (SSSR count). The molecule has 1 aliphatic heterocycles. The first-order chi connectivity index (χ1) is 13.9. The zero-order chi connectivity index (χ0) is 20.4. The maximum Gasteiger partial charge on any atom is 0.266 e. The van der Waals surface area contributed by atoms with E-state index in [4.69, 9.17) is 0 Å². The predicted octanol–water partition coefficient (Wildman–Crippen LogP) is 3.28. The molecular formula is C21H21F2N3O2S. The van der Waals surface area contributed by atoms with Gasteiger partial charge in [-0.3, -0.25) is 9.69 Å². The number of aromatic nitrogens is 2. The molecule has 5 nitrogen and oxygen atoms in total. The van der Waals surface area contributed by atoms with Crippen LogP contribution in [-0.4, -0.2) is 38.5 Å². The van der Waals surface area contributed by atoms with Gasteiger partial charge in [0.1, 0.15) is 17.3 Å². The van der Waals surface area contributed by atoms with Crippen LogP contribution >= 0.6 is 11.3 Å². The van der Waals surface area contributed by atoms with Crippen LogP contribution in [0, 0.1) is 11.6 Å². The maximum atomic E-state index is 13.9. The Bertz CT molecular complexity index is 1040. The lowest BCUT2D eigenvalue weighted by Crippen LogP contribution is -2.48. The van der Waals surface area contributed by atoms with Crippen molar-refractivity contribution in [2.45, 2.75) is 31.5 Å².